The molecule has 1 amide bonds. The molecule has 3 atom stereocenters. The molecular formula is C13H26N2O3. The summed E-state index contributed by atoms with van der Waals surface area (Å²) in [5.41, 5.74) is 5.50. The Morgan fingerprint density at radius 3 is 2.33 bits per heavy atom. The third-order valence-electron chi connectivity index (χ3n) is 3.46. The van der Waals surface area contributed by atoms with Gasteiger partial charge >= 0.3 is 5.97 Å². The lowest BCUT2D eigenvalue weighted by Gasteiger charge is -2.19. The fourth-order valence-corrected chi connectivity index (χ4v) is 1.79. The number of carbonyl (C=O) groups is 2. The molecule has 0 aromatic carbocycles. The number of nitrogens with one attached hydrogen (secondary N) is 1. The summed E-state index contributed by atoms with van der Waals surface area (Å²) in [4.78, 5) is 22.4. The Morgan fingerprint density at radius 2 is 1.89 bits per heavy atom. The van der Waals surface area contributed by atoms with E-state index in [1.165, 1.54) is 0 Å². The molecule has 0 spiro atoms. The normalized spacial score (nSPS) is 15.8. The van der Waals surface area contributed by atoms with Gasteiger partial charge in [-0.2, -0.15) is 0 Å². The Bertz CT molecular complexity index is 269. The first kappa shape index (κ1) is 16.9. The Balaban J connectivity index is 4.00. The van der Waals surface area contributed by atoms with Gasteiger partial charge in [0.2, 0.25) is 5.91 Å². The molecule has 0 bridgehead atoms. The van der Waals surface area contributed by atoms with E-state index >= 15 is 0 Å². The topological polar surface area (TPSA) is 92.4 Å². The second kappa shape index (κ2) is 8.91. The largest absolute Gasteiger partial charge is 0.481 e. The first-order valence-electron chi connectivity index (χ1n) is 6.64. The minimum atomic E-state index is -0.891. The molecule has 0 aliphatic rings. The lowest BCUT2D eigenvalue weighted by atomic mass is 9.96. The van der Waals surface area contributed by atoms with Crippen molar-refractivity contribution in [2.75, 3.05) is 6.54 Å². The van der Waals surface area contributed by atoms with Gasteiger partial charge in [0.1, 0.15) is 0 Å². The number of carbonyl (C=O) groups excluding carboxylic acids is 1. The van der Waals surface area contributed by atoms with E-state index in [1.807, 2.05) is 0 Å². The Hall–Kier alpha value is -1.10. The predicted molar refractivity (Wildman–Crippen MR) is 71.1 cm³/mol. The van der Waals surface area contributed by atoms with Crippen LogP contribution in [0.5, 0.6) is 0 Å². The van der Waals surface area contributed by atoms with Crippen LogP contribution in [0.2, 0.25) is 0 Å². The van der Waals surface area contributed by atoms with E-state index in [-0.39, 0.29) is 11.9 Å². The molecule has 0 saturated carbocycles. The number of carboxylic acid groups (broad SMARTS) is 1. The third kappa shape index (κ3) is 6.59. The lowest BCUT2D eigenvalue weighted by molar-refractivity contribution is -0.142. The molecule has 18 heavy (non-hydrogen) atoms. The van der Waals surface area contributed by atoms with Crippen LogP contribution in [0.15, 0.2) is 0 Å². The quantitative estimate of drug-likeness (QED) is 0.582. The van der Waals surface area contributed by atoms with Crippen molar-refractivity contribution in [2.24, 2.45) is 17.6 Å². The van der Waals surface area contributed by atoms with Crippen molar-refractivity contribution < 1.29 is 14.7 Å². The molecular weight excluding hydrogens is 232 g/mol. The van der Waals surface area contributed by atoms with Gasteiger partial charge < -0.3 is 16.2 Å². The molecule has 5 nitrogen and oxygen atoms in total. The summed E-state index contributed by atoms with van der Waals surface area (Å²) in [6, 6.07) is -0.343. The third-order valence-corrected chi connectivity index (χ3v) is 3.46. The molecule has 0 aromatic heterocycles. The predicted octanol–water partition coefficient (Wildman–Crippen LogP) is 1.37. The number of hydrogen-bond donors (Lipinski definition) is 3. The van der Waals surface area contributed by atoms with Crippen molar-refractivity contribution in [1.82, 2.24) is 5.32 Å². The van der Waals surface area contributed by atoms with Crippen molar-refractivity contribution in [2.45, 2.75) is 52.5 Å². The maximum Gasteiger partial charge on any atom is 0.308 e. The number of nitrogens with two attached hydrogens (primary N) is 1. The van der Waals surface area contributed by atoms with E-state index < -0.39 is 11.9 Å². The fraction of sp³-hybridized carbons (Fsp3) is 0.846. The van der Waals surface area contributed by atoms with Gasteiger partial charge in [-0.3, -0.25) is 9.59 Å². The molecule has 0 aliphatic carbocycles. The summed E-state index contributed by atoms with van der Waals surface area (Å²) in [5.74, 6) is -1.06. The summed E-state index contributed by atoms with van der Waals surface area (Å²) in [7, 11) is 0. The highest BCUT2D eigenvalue weighted by Crippen LogP contribution is 2.14. The second-order valence-corrected chi connectivity index (χ2v) is 4.87. The highest BCUT2D eigenvalue weighted by Gasteiger charge is 2.21. The zero-order chi connectivity index (χ0) is 14.1. The molecule has 5 heteroatoms. The van der Waals surface area contributed by atoms with Gasteiger partial charge in [-0.1, -0.05) is 13.3 Å². The van der Waals surface area contributed by atoms with Gasteiger partial charge in [-0.05, 0) is 39.2 Å². The SMILES string of the molecule is CCC(CCN)CCC(=O)NC(C)C(C)C(=O)O. The maximum absolute atomic E-state index is 11.7. The van der Waals surface area contributed by atoms with Gasteiger partial charge in [0.25, 0.3) is 0 Å². The summed E-state index contributed by atoms with van der Waals surface area (Å²) in [6.45, 7) is 6.05. The minimum Gasteiger partial charge on any atom is -0.481 e. The van der Waals surface area contributed by atoms with Crippen LogP contribution in [0.25, 0.3) is 0 Å². The van der Waals surface area contributed by atoms with E-state index in [9.17, 15) is 9.59 Å². The van der Waals surface area contributed by atoms with Crippen LogP contribution in [0.4, 0.5) is 0 Å². The van der Waals surface area contributed by atoms with Crippen LogP contribution in [0.1, 0.15) is 46.5 Å². The Labute approximate surface area is 109 Å². The average molecular weight is 258 g/mol. The van der Waals surface area contributed by atoms with Crippen LogP contribution in [0, 0.1) is 11.8 Å². The molecule has 0 rings (SSSR count). The Morgan fingerprint density at radius 1 is 1.28 bits per heavy atom. The zero-order valence-electron chi connectivity index (χ0n) is 11.6. The zero-order valence-corrected chi connectivity index (χ0v) is 11.6. The molecule has 0 radical (unpaired) electrons. The van der Waals surface area contributed by atoms with Gasteiger partial charge in [0.15, 0.2) is 0 Å². The standard InChI is InChI=1S/C13H26N2O3/c1-4-11(7-8-14)5-6-12(16)15-10(3)9(2)13(17)18/h9-11H,4-8,14H2,1-3H3,(H,15,16)(H,17,18). The number of carboxylic acids is 1. The lowest BCUT2D eigenvalue weighted by Crippen LogP contribution is -2.40. The second-order valence-electron chi connectivity index (χ2n) is 4.87. The smallest absolute Gasteiger partial charge is 0.308 e. The van der Waals surface area contributed by atoms with Crippen molar-refractivity contribution in [3.63, 3.8) is 0 Å². The van der Waals surface area contributed by atoms with Crippen LogP contribution in [-0.4, -0.2) is 29.6 Å². The summed E-state index contributed by atoms with van der Waals surface area (Å²) >= 11 is 0. The molecule has 0 saturated heterocycles. The van der Waals surface area contributed by atoms with Crippen molar-refractivity contribution in [3.05, 3.63) is 0 Å². The van der Waals surface area contributed by atoms with Crippen molar-refractivity contribution in [1.29, 1.82) is 0 Å². The molecule has 0 aromatic rings. The highest BCUT2D eigenvalue weighted by atomic mass is 16.4. The van der Waals surface area contributed by atoms with E-state index in [0.29, 0.717) is 18.9 Å². The molecule has 0 fully saturated rings. The van der Waals surface area contributed by atoms with Gasteiger partial charge in [0.05, 0.1) is 5.92 Å². The molecule has 106 valence electrons. The van der Waals surface area contributed by atoms with Gasteiger partial charge in [-0.15, -0.1) is 0 Å². The molecule has 0 heterocycles. The first-order chi connectivity index (χ1) is 8.42. The maximum atomic E-state index is 11.7. The first-order valence-corrected chi connectivity index (χ1v) is 6.64. The van der Waals surface area contributed by atoms with E-state index in [4.69, 9.17) is 10.8 Å². The average Bonchev–Trinajstić information content (AvgIpc) is 2.33. The molecule has 3 unspecified atom stereocenters. The highest BCUT2D eigenvalue weighted by molar-refractivity contribution is 5.77. The molecule has 0 aliphatic heterocycles. The van der Waals surface area contributed by atoms with E-state index in [0.717, 1.165) is 19.3 Å². The summed E-state index contributed by atoms with van der Waals surface area (Å²) in [5, 5.41) is 11.6. The van der Waals surface area contributed by atoms with E-state index in [1.54, 1.807) is 13.8 Å². The van der Waals surface area contributed by atoms with Crippen molar-refractivity contribution in [3.8, 4) is 0 Å². The number of amides is 1. The van der Waals surface area contributed by atoms with Crippen LogP contribution in [0.3, 0.4) is 0 Å². The van der Waals surface area contributed by atoms with Crippen LogP contribution < -0.4 is 11.1 Å². The van der Waals surface area contributed by atoms with Crippen LogP contribution >= 0.6 is 0 Å². The van der Waals surface area contributed by atoms with E-state index in [2.05, 4.69) is 12.2 Å². The minimum absolute atomic E-state index is 0.0777. The monoisotopic (exact) mass is 258 g/mol. The summed E-state index contributed by atoms with van der Waals surface area (Å²) < 4.78 is 0. The fourth-order valence-electron chi connectivity index (χ4n) is 1.79. The number of hydrogen-bond acceptors (Lipinski definition) is 3. The Kier molecular flexibility index (Phi) is 8.37. The van der Waals surface area contributed by atoms with Crippen LogP contribution in [-0.2, 0) is 9.59 Å². The molecule has 4 N–H and O–H groups in total. The number of rotatable bonds is 9. The summed E-state index contributed by atoms with van der Waals surface area (Å²) in [6.07, 6.45) is 3.21. The number of aliphatic carboxylic acids is 1. The van der Waals surface area contributed by atoms with Crippen molar-refractivity contribution >= 4 is 11.9 Å². The van der Waals surface area contributed by atoms with Gasteiger partial charge in [-0.25, -0.2) is 0 Å². The van der Waals surface area contributed by atoms with Gasteiger partial charge in [0, 0.05) is 12.5 Å².